The van der Waals surface area contributed by atoms with Crippen molar-refractivity contribution >= 4 is 40.8 Å². The maximum Gasteiger partial charge on any atom is 0.350 e. The zero-order valence-electron chi connectivity index (χ0n) is 11.9. The van der Waals surface area contributed by atoms with Crippen molar-refractivity contribution in [3.8, 4) is 6.07 Å². The first kappa shape index (κ1) is 17.1. The second kappa shape index (κ2) is 6.07. The molecule has 0 saturated carbocycles. The lowest BCUT2D eigenvalue weighted by molar-refractivity contribution is -0.222. The van der Waals surface area contributed by atoms with Gasteiger partial charge in [-0.3, -0.25) is 0 Å². The molecule has 0 radical (unpaired) electrons. The number of rotatable bonds is 2. The van der Waals surface area contributed by atoms with Gasteiger partial charge in [-0.05, 0) is 6.07 Å². The fraction of sp³-hybridized carbons (Fsp3) is 0.214. The van der Waals surface area contributed by atoms with Gasteiger partial charge in [-0.15, -0.1) is 0 Å². The summed E-state index contributed by atoms with van der Waals surface area (Å²) in [6.45, 7) is 2.79. The third-order valence-electron chi connectivity index (χ3n) is 2.76. The van der Waals surface area contributed by atoms with Crippen molar-refractivity contribution in [2.75, 3.05) is 5.32 Å². The molecule has 0 amide bonds. The van der Waals surface area contributed by atoms with E-state index in [1.54, 1.807) is 6.07 Å². The van der Waals surface area contributed by atoms with Gasteiger partial charge >= 0.3 is 11.9 Å². The number of nitrogens with zero attached hydrogens (tertiary/aromatic N) is 1. The Morgan fingerprint density at radius 3 is 2.35 bits per heavy atom. The summed E-state index contributed by atoms with van der Waals surface area (Å²) in [5, 5.41) is 11.1. The predicted octanol–water partition coefficient (Wildman–Crippen LogP) is 3.14. The highest BCUT2D eigenvalue weighted by Gasteiger charge is 2.39. The van der Waals surface area contributed by atoms with Gasteiger partial charge in [-0.25, -0.2) is 14.0 Å². The molecular weight excluding hydrogens is 350 g/mol. The minimum absolute atomic E-state index is 0.0670. The van der Waals surface area contributed by atoms with Gasteiger partial charge < -0.3 is 14.8 Å². The smallest absolute Gasteiger partial charge is 0.350 e. The van der Waals surface area contributed by atoms with Crippen LogP contribution in [0.15, 0.2) is 17.8 Å². The Kier molecular flexibility index (Phi) is 4.50. The van der Waals surface area contributed by atoms with Crippen LogP contribution in [0.25, 0.3) is 0 Å². The molecule has 1 aliphatic heterocycles. The van der Waals surface area contributed by atoms with E-state index < -0.39 is 34.7 Å². The number of benzene rings is 1. The van der Waals surface area contributed by atoms with E-state index in [1.807, 2.05) is 0 Å². The molecule has 9 heteroatoms. The molecular formula is C14H9Cl2FN2O4. The van der Waals surface area contributed by atoms with E-state index in [2.05, 4.69) is 5.32 Å². The molecule has 0 spiro atoms. The lowest BCUT2D eigenvalue weighted by Gasteiger charge is -2.29. The van der Waals surface area contributed by atoms with Gasteiger partial charge in [0.15, 0.2) is 11.4 Å². The fourth-order valence-electron chi connectivity index (χ4n) is 1.76. The molecule has 6 nitrogen and oxygen atoms in total. The molecule has 1 N–H and O–H groups in total. The van der Waals surface area contributed by atoms with Crippen LogP contribution in [0.1, 0.15) is 19.4 Å². The van der Waals surface area contributed by atoms with Gasteiger partial charge in [0.25, 0.3) is 5.79 Å². The second-order valence-corrected chi connectivity index (χ2v) is 5.71. The SMILES string of the molecule is CC1(C)OC(=O)C(=CNc2c(Cl)cc(Cl)c(F)c2C#N)C(=O)O1. The Labute approximate surface area is 140 Å². The minimum Gasteiger partial charge on any atom is -0.419 e. The number of carbonyl (C=O) groups is 2. The molecule has 1 aromatic rings. The molecule has 0 atom stereocenters. The van der Waals surface area contributed by atoms with E-state index in [9.17, 15) is 14.0 Å². The largest absolute Gasteiger partial charge is 0.419 e. The van der Waals surface area contributed by atoms with Gasteiger partial charge in [-0.2, -0.15) is 5.26 Å². The number of esters is 2. The molecule has 0 unspecified atom stereocenters. The van der Waals surface area contributed by atoms with Crippen molar-refractivity contribution in [3.05, 3.63) is 39.3 Å². The Balaban J connectivity index is 2.38. The second-order valence-electron chi connectivity index (χ2n) is 4.90. The van der Waals surface area contributed by atoms with Crippen LogP contribution in [-0.2, 0) is 19.1 Å². The summed E-state index contributed by atoms with van der Waals surface area (Å²) in [6.07, 6.45) is 0.926. The number of anilines is 1. The molecule has 1 fully saturated rings. The number of nitrogens with one attached hydrogen (secondary N) is 1. The van der Waals surface area contributed by atoms with Gasteiger partial charge in [-0.1, -0.05) is 23.2 Å². The number of nitriles is 1. The van der Waals surface area contributed by atoms with Crippen molar-refractivity contribution in [2.45, 2.75) is 19.6 Å². The van der Waals surface area contributed by atoms with Gasteiger partial charge in [0.2, 0.25) is 0 Å². The molecule has 23 heavy (non-hydrogen) atoms. The molecule has 2 rings (SSSR count). The highest BCUT2D eigenvalue weighted by molar-refractivity contribution is 6.36. The summed E-state index contributed by atoms with van der Waals surface area (Å²) in [5.41, 5.74) is -1.06. The first-order chi connectivity index (χ1) is 10.7. The van der Waals surface area contributed by atoms with E-state index >= 15 is 0 Å². The normalized spacial score (nSPS) is 16.3. The molecule has 0 aromatic heterocycles. The molecule has 1 heterocycles. The number of hydrogen-bond donors (Lipinski definition) is 1. The number of ether oxygens (including phenoxy) is 2. The molecule has 1 saturated heterocycles. The molecule has 0 bridgehead atoms. The third kappa shape index (κ3) is 3.38. The van der Waals surface area contributed by atoms with Crippen molar-refractivity contribution in [1.82, 2.24) is 0 Å². The van der Waals surface area contributed by atoms with Gasteiger partial charge in [0.05, 0.1) is 15.7 Å². The Morgan fingerprint density at radius 2 is 1.83 bits per heavy atom. The standard InChI is InChI=1S/C14H9Cl2FN2O4/c1-14(2)22-12(20)7(13(21)23-14)5-19-11-6(4-18)10(17)8(15)3-9(11)16/h3,5,19H,1-2H3. The number of cyclic esters (lactones) is 2. The molecule has 0 aliphatic carbocycles. The van der Waals surface area contributed by atoms with Crippen molar-refractivity contribution < 1.29 is 23.5 Å². The van der Waals surface area contributed by atoms with Gasteiger partial charge in [0, 0.05) is 20.0 Å². The lowest BCUT2D eigenvalue weighted by atomic mass is 10.1. The van der Waals surface area contributed by atoms with E-state index in [4.69, 9.17) is 37.9 Å². The monoisotopic (exact) mass is 358 g/mol. The number of hydrogen-bond acceptors (Lipinski definition) is 6. The van der Waals surface area contributed by atoms with Gasteiger partial charge in [0.1, 0.15) is 11.6 Å². The van der Waals surface area contributed by atoms with E-state index in [0.29, 0.717) is 0 Å². The summed E-state index contributed by atoms with van der Waals surface area (Å²) in [5.74, 6) is -4.21. The third-order valence-corrected chi connectivity index (χ3v) is 3.33. The lowest BCUT2D eigenvalue weighted by Crippen LogP contribution is -2.42. The highest BCUT2D eigenvalue weighted by atomic mass is 35.5. The van der Waals surface area contributed by atoms with Crippen LogP contribution < -0.4 is 5.32 Å². The van der Waals surface area contributed by atoms with Crippen LogP contribution in [-0.4, -0.2) is 17.7 Å². The van der Waals surface area contributed by atoms with Crippen molar-refractivity contribution in [3.63, 3.8) is 0 Å². The Hall–Kier alpha value is -2.30. The predicted molar refractivity (Wildman–Crippen MR) is 79.1 cm³/mol. The maximum atomic E-state index is 13.8. The van der Waals surface area contributed by atoms with Crippen LogP contribution in [0.2, 0.25) is 10.0 Å². The average molecular weight is 359 g/mol. The molecule has 120 valence electrons. The fourth-order valence-corrected chi connectivity index (χ4v) is 2.28. The average Bonchev–Trinajstić information content (AvgIpc) is 2.42. The zero-order valence-corrected chi connectivity index (χ0v) is 13.4. The van der Waals surface area contributed by atoms with Crippen LogP contribution >= 0.6 is 23.2 Å². The highest BCUT2D eigenvalue weighted by Crippen LogP contribution is 2.33. The Morgan fingerprint density at radius 1 is 1.26 bits per heavy atom. The maximum absolute atomic E-state index is 13.8. The van der Waals surface area contributed by atoms with Crippen molar-refractivity contribution in [1.29, 1.82) is 5.26 Å². The van der Waals surface area contributed by atoms with Crippen LogP contribution in [0, 0.1) is 17.1 Å². The number of halogens is 3. The molecule has 1 aromatic carbocycles. The first-order valence-electron chi connectivity index (χ1n) is 6.17. The van der Waals surface area contributed by atoms with E-state index in [1.165, 1.54) is 13.8 Å². The topological polar surface area (TPSA) is 88.4 Å². The van der Waals surface area contributed by atoms with E-state index in [-0.39, 0.29) is 15.7 Å². The first-order valence-corrected chi connectivity index (χ1v) is 6.93. The summed E-state index contributed by atoms with van der Waals surface area (Å²) < 4.78 is 23.6. The zero-order chi connectivity index (χ0) is 17.4. The minimum atomic E-state index is -1.38. The number of carbonyl (C=O) groups excluding carboxylic acids is 2. The van der Waals surface area contributed by atoms with Crippen LogP contribution in [0.5, 0.6) is 0 Å². The summed E-state index contributed by atoms with van der Waals surface area (Å²) >= 11 is 11.5. The Bertz CT molecular complexity index is 762. The summed E-state index contributed by atoms with van der Waals surface area (Å²) in [7, 11) is 0. The van der Waals surface area contributed by atoms with Crippen LogP contribution in [0.3, 0.4) is 0 Å². The molecule has 1 aliphatic rings. The summed E-state index contributed by atoms with van der Waals surface area (Å²) in [6, 6.07) is 2.68. The summed E-state index contributed by atoms with van der Waals surface area (Å²) in [4.78, 5) is 23.6. The quantitative estimate of drug-likeness (QED) is 0.378. The van der Waals surface area contributed by atoms with Crippen molar-refractivity contribution in [2.24, 2.45) is 0 Å². The van der Waals surface area contributed by atoms with E-state index in [0.717, 1.165) is 12.3 Å². The van der Waals surface area contributed by atoms with Crippen LogP contribution in [0.4, 0.5) is 10.1 Å².